The molecule has 22 heavy (non-hydrogen) atoms. The van der Waals surface area contributed by atoms with Crippen molar-refractivity contribution in [3.63, 3.8) is 0 Å². The number of Topliss-reactive ketones (excluding diaryl/α,β-unsaturated/α-hetero) is 1. The second-order valence-electron chi connectivity index (χ2n) is 4.45. The molecule has 120 valence electrons. The van der Waals surface area contributed by atoms with Gasteiger partial charge in [0.15, 0.2) is 12.1 Å². The summed E-state index contributed by atoms with van der Waals surface area (Å²) in [7, 11) is 0. The number of tetrazole rings is 1. The Morgan fingerprint density at radius 1 is 1.32 bits per heavy atom. The number of benzene rings is 1. The lowest BCUT2D eigenvalue weighted by Crippen LogP contribution is -2.46. The van der Waals surface area contributed by atoms with Gasteiger partial charge >= 0.3 is 0 Å². The fourth-order valence-corrected chi connectivity index (χ4v) is 1.86. The number of carbonyl (C=O) groups excluding carboxylic acids is 2. The molecule has 9 heteroatoms. The lowest BCUT2D eigenvalue weighted by atomic mass is 10.0. The Labute approximate surface area is 135 Å². The smallest absolute Gasteiger partial charge is 0.234 e. The Balaban J connectivity index is 0.00000242. The summed E-state index contributed by atoms with van der Waals surface area (Å²) in [5.41, 5.74) is 6.23. The summed E-state index contributed by atoms with van der Waals surface area (Å²) in [5, 5.41) is 13.6. The van der Waals surface area contributed by atoms with Gasteiger partial charge in [0, 0.05) is 1.43 Å². The van der Waals surface area contributed by atoms with Gasteiger partial charge in [-0.05, 0) is 17.2 Å². The van der Waals surface area contributed by atoms with Crippen molar-refractivity contribution in [1.29, 1.82) is 0 Å². The molecule has 0 radical (unpaired) electrons. The van der Waals surface area contributed by atoms with Crippen LogP contribution in [0.3, 0.4) is 0 Å². The van der Waals surface area contributed by atoms with Crippen LogP contribution in [0.4, 0.5) is 0 Å². The van der Waals surface area contributed by atoms with Crippen LogP contribution in [0.15, 0.2) is 36.7 Å². The number of carbonyl (C=O) groups is 2. The van der Waals surface area contributed by atoms with Crippen LogP contribution in [0.2, 0.25) is 0 Å². The highest BCUT2D eigenvalue weighted by Crippen LogP contribution is 2.05. The quantitative estimate of drug-likeness (QED) is 0.715. The van der Waals surface area contributed by atoms with Crippen LogP contribution in [-0.4, -0.2) is 44.5 Å². The van der Waals surface area contributed by atoms with Crippen LogP contribution in [-0.2, 0) is 22.6 Å². The number of nitrogens with one attached hydrogen (secondary N) is 1. The van der Waals surface area contributed by atoms with Crippen LogP contribution in [0.5, 0.6) is 0 Å². The number of rotatable bonds is 7. The second-order valence-corrected chi connectivity index (χ2v) is 4.45. The average molecular weight is 327 g/mol. The van der Waals surface area contributed by atoms with E-state index in [1.807, 2.05) is 30.3 Å². The van der Waals surface area contributed by atoms with Crippen molar-refractivity contribution < 1.29 is 11.0 Å². The highest BCUT2D eigenvalue weighted by molar-refractivity contribution is 5.89. The number of ketones is 1. The molecule has 0 saturated heterocycles. The minimum atomic E-state index is -0.672. The van der Waals surface area contributed by atoms with E-state index in [0.29, 0.717) is 6.42 Å². The Kier molecular flexibility index (Phi) is 7.14. The number of nitrogens with two attached hydrogens (primary N) is 1. The van der Waals surface area contributed by atoms with E-state index >= 15 is 0 Å². The van der Waals surface area contributed by atoms with Crippen molar-refractivity contribution in [3.05, 3.63) is 42.2 Å². The van der Waals surface area contributed by atoms with Crippen molar-refractivity contribution in [2.24, 2.45) is 5.73 Å². The van der Waals surface area contributed by atoms with Crippen molar-refractivity contribution >= 4 is 24.1 Å². The molecular weight excluding hydrogens is 308 g/mol. The predicted octanol–water partition coefficient (Wildman–Crippen LogP) is -0.404. The molecule has 1 heterocycles. The maximum Gasteiger partial charge on any atom is 0.234 e. The van der Waals surface area contributed by atoms with Gasteiger partial charge in [-0.15, -0.1) is 22.6 Å². The van der Waals surface area contributed by atoms with Gasteiger partial charge in [-0.1, -0.05) is 30.3 Å². The summed E-state index contributed by atoms with van der Waals surface area (Å²) in [5.74, 6) is -0.588. The Morgan fingerprint density at radius 2 is 2.05 bits per heavy atom. The number of halogens is 1. The second kappa shape index (κ2) is 8.85. The lowest BCUT2D eigenvalue weighted by Gasteiger charge is -2.17. The molecule has 0 bridgehead atoms. The van der Waals surface area contributed by atoms with Crippen LogP contribution < -0.4 is 11.1 Å². The van der Waals surface area contributed by atoms with Gasteiger partial charge in [-0.2, -0.15) is 4.80 Å². The number of hydrogen-bond acceptors (Lipinski definition) is 6. The molecule has 1 aromatic heterocycles. The van der Waals surface area contributed by atoms with Gasteiger partial charge in [-0.25, -0.2) is 0 Å². The van der Waals surface area contributed by atoms with E-state index in [1.54, 1.807) is 0 Å². The normalized spacial score (nSPS) is 11.3. The summed E-state index contributed by atoms with van der Waals surface area (Å²) >= 11 is 0. The van der Waals surface area contributed by atoms with E-state index in [1.165, 1.54) is 11.1 Å². The molecule has 3 N–H and O–H groups in total. The summed E-state index contributed by atoms with van der Waals surface area (Å²) in [4.78, 5) is 24.9. The molecule has 0 aliphatic carbocycles. The first-order chi connectivity index (χ1) is 10.2. The summed E-state index contributed by atoms with van der Waals surface area (Å²) in [6, 6.07) is 8.75. The topological polar surface area (TPSA) is 116 Å². The van der Waals surface area contributed by atoms with Gasteiger partial charge < -0.3 is 11.1 Å². The van der Waals surface area contributed by atoms with Gasteiger partial charge in [0.2, 0.25) is 5.91 Å². The van der Waals surface area contributed by atoms with E-state index in [-0.39, 0.29) is 38.6 Å². The Bertz CT molecular complexity index is 596. The standard InChI is InChI=1S/C13H16N6O2.ClH.H2/c14-7-13(21)17-11(6-10-4-2-1-3-5-10)12(20)8-19-16-9-15-18-19;;/h1-5,9,11H,6-8,14H2,(H,17,21);2*1H. The molecule has 0 fully saturated rings. The lowest BCUT2D eigenvalue weighted by molar-refractivity contribution is -0.127. The third-order valence-electron chi connectivity index (χ3n) is 2.88. The van der Waals surface area contributed by atoms with E-state index in [0.717, 1.165) is 5.56 Å². The fourth-order valence-electron chi connectivity index (χ4n) is 1.86. The predicted molar refractivity (Wildman–Crippen MR) is 83.3 cm³/mol. The van der Waals surface area contributed by atoms with Crippen LogP contribution in [0, 0.1) is 0 Å². The molecule has 1 aromatic carbocycles. The third-order valence-corrected chi connectivity index (χ3v) is 2.88. The molecule has 2 rings (SSSR count). The summed E-state index contributed by atoms with van der Waals surface area (Å²) in [6.45, 7) is -0.220. The van der Waals surface area contributed by atoms with Gasteiger partial charge in [-0.3, -0.25) is 9.59 Å². The van der Waals surface area contributed by atoms with Crippen LogP contribution >= 0.6 is 12.4 Å². The maximum atomic E-state index is 12.3. The Morgan fingerprint density at radius 3 is 2.64 bits per heavy atom. The molecule has 1 amide bonds. The van der Waals surface area contributed by atoms with E-state index < -0.39 is 6.04 Å². The largest absolute Gasteiger partial charge is 0.345 e. The number of nitrogens with zero attached hydrogens (tertiary/aromatic N) is 4. The minimum Gasteiger partial charge on any atom is -0.345 e. The van der Waals surface area contributed by atoms with Crippen molar-refractivity contribution in [2.75, 3.05) is 6.54 Å². The van der Waals surface area contributed by atoms with E-state index in [4.69, 9.17) is 5.73 Å². The minimum absolute atomic E-state index is 0. The van der Waals surface area contributed by atoms with Gasteiger partial charge in [0.1, 0.15) is 6.54 Å². The van der Waals surface area contributed by atoms with E-state index in [2.05, 4.69) is 20.7 Å². The highest BCUT2D eigenvalue weighted by atomic mass is 35.5. The first-order valence-corrected chi connectivity index (χ1v) is 6.46. The SMILES string of the molecule is Cl.NCC(=O)NC(Cc1ccccc1)C(=O)Cn1ncnn1.[HH]. The molecule has 8 nitrogen and oxygen atoms in total. The highest BCUT2D eigenvalue weighted by Gasteiger charge is 2.21. The van der Waals surface area contributed by atoms with Gasteiger partial charge in [0.25, 0.3) is 0 Å². The monoisotopic (exact) mass is 326 g/mol. The van der Waals surface area contributed by atoms with Crippen LogP contribution in [0.25, 0.3) is 0 Å². The molecule has 0 spiro atoms. The Hall–Kier alpha value is -2.32. The molecule has 1 unspecified atom stereocenters. The average Bonchev–Trinajstić information content (AvgIpc) is 3.00. The maximum absolute atomic E-state index is 12.3. The fraction of sp³-hybridized carbons (Fsp3) is 0.308. The summed E-state index contributed by atoms with van der Waals surface area (Å²) < 4.78 is 0. The molecular formula is C13H19ClN6O2. The van der Waals surface area contributed by atoms with Crippen molar-refractivity contribution in [2.45, 2.75) is 19.0 Å². The molecule has 1 atom stereocenters. The molecule has 0 aliphatic heterocycles. The zero-order valence-electron chi connectivity index (χ0n) is 11.8. The van der Waals surface area contributed by atoms with Crippen LogP contribution in [0.1, 0.15) is 6.99 Å². The third kappa shape index (κ3) is 5.23. The number of amides is 1. The first-order valence-electron chi connectivity index (χ1n) is 6.46. The summed E-state index contributed by atoms with van der Waals surface area (Å²) in [6.07, 6.45) is 1.64. The molecule has 0 saturated carbocycles. The molecule has 0 aliphatic rings. The number of hydrogen-bond donors (Lipinski definition) is 2. The zero-order valence-corrected chi connectivity index (χ0v) is 12.6. The first kappa shape index (κ1) is 17.7. The molecule has 2 aromatic rings. The zero-order chi connectivity index (χ0) is 15.1. The number of aromatic nitrogens is 4. The van der Waals surface area contributed by atoms with E-state index in [9.17, 15) is 9.59 Å². The van der Waals surface area contributed by atoms with Crippen molar-refractivity contribution in [1.82, 2.24) is 25.5 Å². The van der Waals surface area contributed by atoms with Gasteiger partial charge in [0.05, 0.1) is 12.6 Å². The van der Waals surface area contributed by atoms with Crippen molar-refractivity contribution in [3.8, 4) is 0 Å².